The van der Waals surface area contributed by atoms with Crippen LogP contribution in [0.3, 0.4) is 0 Å². The fourth-order valence-corrected chi connectivity index (χ4v) is 8.46. The molecule has 2 aliphatic rings. The van der Waals surface area contributed by atoms with E-state index < -0.39 is 28.9 Å². The molecule has 214 valence electrons. The number of carbonyl (C=O) groups is 3. The molecule has 1 aromatic heterocycles. The number of para-hydroxylation sites is 1. The number of aromatic nitrogens is 1. The molecular formula is C29H20Cl3N3O5S2. The zero-order valence-corrected chi connectivity index (χ0v) is 25.6. The zero-order valence-electron chi connectivity index (χ0n) is 21.7. The van der Waals surface area contributed by atoms with E-state index in [1.165, 1.54) is 22.6 Å². The first-order valence-corrected chi connectivity index (χ1v) is 15.4. The van der Waals surface area contributed by atoms with Crippen LogP contribution >= 0.6 is 57.9 Å². The third-order valence-corrected chi connectivity index (χ3v) is 10.7. The summed E-state index contributed by atoms with van der Waals surface area (Å²) < 4.78 is 6.99. The number of carbonyl (C=O) groups excluding carboxylic acids is 3. The molecule has 1 saturated heterocycles. The Morgan fingerprint density at radius 3 is 2.40 bits per heavy atom. The molecule has 0 saturated carbocycles. The lowest BCUT2D eigenvalue weighted by Gasteiger charge is -2.31. The van der Waals surface area contributed by atoms with E-state index >= 15 is 0 Å². The number of fused-ring (bicyclic) bond motifs is 2. The summed E-state index contributed by atoms with van der Waals surface area (Å²) >= 11 is 20.2. The molecule has 1 fully saturated rings. The number of hydrogen-bond donors (Lipinski definition) is 1. The number of methoxy groups -OCH3 is 1. The minimum absolute atomic E-state index is 0.274. The summed E-state index contributed by atoms with van der Waals surface area (Å²) in [6.07, 6.45) is 0. The van der Waals surface area contributed by atoms with Crippen LogP contribution in [0.2, 0.25) is 15.1 Å². The average Bonchev–Trinajstić information content (AvgIpc) is 3.41. The molecule has 8 nitrogen and oxygen atoms in total. The molecule has 4 aromatic rings. The maximum Gasteiger partial charge on any atom is 0.308 e. The van der Waals surface area contributed by atoms with Gasteiger partial charge in [0.2, 0.25) is 17.7 Å². The highest BCUT2D eigenvalue weighted by Gasteiger charge is 2.57. The lowest BCUT2D eigenvalue weighted by atomic mass is 9.82. The molecule has 3 amide bonds. The second-order valence-corrected chi connectivity index (χ2v) is 12.9. The Labute approximate surface area is 263 Å². The van der Waals surface area contributed by atoms with Gasteiger partial charge in [0, 0.05) is 27.1 Å². The minimum atomic E-state index is -0.839. The molecule has 42 heavy (non-hydrogen) atoms. The largest absolute Gasteiger partial charge is 0.496 e. The number of anilines is 2. The topological polar surface area (TPSA) is 97.7 Å². The second kappa shape index (κ2) is 11.4. The fourth-order valence-electron chi connectivity index (χ4n) is 5.28. The van der Waals surface area contributed by atoms with E-state index in [-0.39, 0.29) is 22.3 Å². The molecule has 2 aliphatic heterocycles. The van der Waals surface area contributed by atoms with E-state index in [0.717, 1.165) is 23.1 Å². The summed E-state index contributed by atoms with van der Waals surface area (Å²) in [5.41, 5.74) is 1.50. The smallest absolute Gasteiger partial charge is 0.308 e. The number of thioether (sulfide) groups is 1. The number of rotatable bonds is 6. The Morgan fingerprint density at radius 2 is 1.69 bits per heavy atom. The lowest BCUT2D eigenvalue weighted by Crippen LogP contribution is -2.33. The van der Waals surface area contributed by atoms with E-state index in [9.17, 15) is 19.2 Å². The van der Waals surface area contributed by atoms with Crippen LogP contribution in [0.5, 0.6) is 5.75 Å². The van der Waals surface area contributed by atoms with Crippen molar-refractivity contribution >= 4 is 87.0 Å². The third-order valence-electron chi connectivity index (χ3n) is 7.11. The molecule has 13 heteroatoms. The number of imide groups is 1. The second-order valence-electron chi connectivity index (χ2n) is 9.57. The van der Waals surface area contributed by atoms with Gasteiger partial charge < -0.3 is 10.1 Å². The van der Waals surface area contributed by atoms with E-state index in [1.807, 2.05) is 12.1 Å². The fraction of sp³-hybridized carbons (Fsp3) is 0.172. The first kappa shape index (κ1) is 28.8. The van der Waals surface area contributed by atoms with Crippen molar-refractivity contribution in [2.24, 2.45) is 5.92 Å². The molecule has 3 heterocycles. The van der Waals surface area contributed by atoms with Crippen molar-refractivity contribution in [1.82, 2.24) is 4.57 Å². The monoisotopic (exact) mass is 659 g/mol. The Bertz CT molecular complexity index is 1810. The molecule has 1 N–H and O–H groups in total. The molecular weight excluding hydrogens is 641 g/mol. The number of thiazole rings is 1. The highest BCUT2D eigenvalue weighted by atomic mass is 35.5. The van der Waals surface area contributed by atoms with Gasteiger partial charge in [-0.05, 0) is 48.5 Å². The Morgan fingerprint density at radius 1 is 0.952 bits per heavy atom. The predicted molar refractivity (Wildman–Crippen MR) is 166 cm³/mol. The number of benzene rings is 3. The van der Waals surface area contributed by atoms with E-state index in [4.69, 9.17) is 39.5 Å². The van der Waals surface area contributed by atoms with Crippen molar-refractivity contribution in [2.75, 3.05) is 17.3 Å². The van der Waals surface area contributed by atoms with Crippen molar-refractivity contribution in [3.63, 3.8) is 0 Å². The third kappa shape index (κ3) is 5.01. The molecule has 0 spiro atoms. The standard InChI is InChI=1S/C29H20Cl3N3O5S2/c1-40-20-5-3-2-4-17(20)22-23-24(27(38)35(26(23)37)16-9-6-14(30)7-10-16)41-28-25(22)42-29(39)34(28)13-21(36)33-15-8-11-18(31)19(32)12-15/h2-12,22-24H,13H2,1H3,(H,33,36). The van der Waals surface area contributed by atoms with Crippen molar-refractivity contribution in [3.8, 4) is 5.75 Å². The van der Waals surface area contributed by atoms with Crippen LogP contribution in [0.25, 0.3) is 0 Å². The van der Waals surface area contributed by atoms with E-state index in [0.29, 0.717) is 42.6 Å². The molecule has 3 atom stereocenters. The summed E-state index contributed by atoms with van der Waals surface area (Å²) in [6, 6.07) is 18.4. The summed E-state index contributed by atoms with van der Waals surface area (Å²) in [6.45, 7) is -0.309. The van der Waals surface area contributed by atoms with Crippen LogP contribution in [-0.4, -0.2) is 34.6 Å². The van der Waals surface area contributed by atoms with E-state index in [2.05, 4.69) is 5.32 Å². The van der Waals surface area contributed by atoms with E-state index in [1.54, 1.807) is 48.5 Å². The van der Waals surface area contributed by atoms with Gasteiger partial charge in [-0.2, -0.15) is 0 Å². The summed E-state index contributed by atoms with van der Waals surface area (Å²) in [7, 11) is 1.53. The van der Waals surface area contributed by atoms with Gasteiger partial charge in [-0.25, -0.2) is 4.90 Å². The number of ether oxygens (including phenoxy) is 1. The van der Waals surface area contributed by atoms with Crippen LogP contribution in [-0.2, 0) is 20.9 Å². The van der Waals surface area contributed by atoms with Gasteiger partial charge in [0.15, 0.2) is 0 Å². The van der Waals surface area contributed by atoms with Crippen molar-refractivity contribution in [2.45, 2.75) is 22.7 Å². The van der Waals surface area contributed by atoms with Crippen LogP contribution < -0.4 is 19.8 Å². The number of nitrogens with one attached hydrogen (secondary N) is 1. The average molecular weight is 661 g/mol. The normalized spacial score (nSPS) is 19.4. The summed E-state index contributed by atoms with van der Waals surface area (Å²) in [5.74, 6) is -2.20. The first-order chi connectivity index (χ1) is 20.2. The molecule has 6 rings (SSSR count). The maximum absolute atomic E-state index is 14.0. The van der Waals surface area contributed by atoms with Crippen LogP contribution in [0.1, 0.15) is 16.4 Å². The maximum atomic E-state index is 14.0. The quantitative estimate of drug-likeness (QED) is 0.244. The molecule has 0 aliphatic carbocycles. The van der Waals surface area contributed by atoms with Crippen molar-refractivity contribution < 1.29 is 19.1 Å². The molecule has 3 unspecified atom stereocenters. The van der Waals surface area contributed by atoms with Crippen LogP contribution in [0, 0.1) is 5.92 Å². The minimum Gasteiger partial charge on any atom is -0.496 e. The zero-order chi connectivity index (χ0) is 29.7. The molecule has 0 radical (unpaired) electrons. The summed E-state index contributed by atoms with van der Waals surface area (Å²) in [5, 5.41) is 3.45. The predicted octanol–water partition coefficient (Wildman–Crippen LogP) is 6.31. The Balaban J connectivity index is 1.42. The molecule has 3 aromatic carbocycles. The van der Waals surface area contributed by atoms with Gasteiger partial charge in [-0.15, -0.1) is 0 Å². The van der Waals surface area contributed by atoms with Gasteiger partial charge in [0.05, 0.1) is 33.8 Å². The van der Waals surface area contributed by atoms with Gasteiger partial charge in [-0.3, -0.25) is 23.7 Å². The van der Waals surface area contributed by atoms with Gasteiger partial charge in [0.1, 0.15) is 17.5 Å². The number of hydrogen-bond acceptors (Lipinski definition) is 7. The van der Waals surface area contributed by atoms with Gasteiger partial charge in [-0.1, -0.05) is 76.1 Å². The highest BCUT2D eigenvalue weighted by Crippen LogP contribution is 2.55. The Hall–Kier alpha value is -3.28. The number of nitrogens with zero attached hydrogens (tertiary/aromatic N) is 2. The van der Waals surface area contributed by atoms with Crippen molar-refractivity contribution in [3.05, 3.63) is 102 Å². The summed E-state index contributed by atoms with van der Waals surface area (Å²) in [4.78, 5) is 55.7. The van der Waals surface area contributed by atoms with Gasteiger partial charge >= 0.3 is 4.87 Å². The SMILES string of the molecule is COc1ccccc1C1c2sc(=O)n(CC(=O)Nc3ccc(Cl)c(Cl)c3)c2SC2C(=O)N(c3ccc(Cl)cc3)C(=O)C21. The van der Waals surface area contributed by atoms with Crippen LogP contribution in [0.4, 0.5) is 11.4 Å². The Kier molecular flexibility index (Phi) is 7.84. The highest BCUT2D eigenvalue weighted by molar-refractivity contribution is 8.00. The lowest BCUT2D eigenvalue weighted by molar-refractivity contribution is -0.122. The number of amides is 3. The number of halogens is 3. The van der Waals surface area contributed by atoms with Crippen LogP contribution in [0.15, 0.2) is 76.6 Å². The first-order valence-electron chi connectivity index (χ1n) is 12.6. The molecule has 0 bridgehead atoms. The van der Waals surface area contributed by atoms with Gasteiger partial charge in [0.25, 0.3) is 0 Å². The van der Waals surface area contributed by atoms with Crippen molar-refractivity contribution in [1.29, 1.82) is 0 Å².